The Labute approximate surface area is 146 Å². The number of hydrogen-bond donors (Lipinski definition) is 1. The van der Waals surface area contributed by atoms with Crippen LogP contribution in [-0.2, 0) is 5.75 Å². The zero-order valence-corrected chi connectivity index (χ0v) is 15.0. The number of carbonyl (C=O) groups excluding carboxylic acids is 1. The summed E-state index contributed by atoms with van der Waals surface area (Å²) in [7, 11) is 1.59. The molecule has 0 spiro atoms. The first-order valence-electron chi connectivity index (χ1n) is 7.36. The molecule has 23 heavy (non-hydrogen) atoms. The van der Waals surface area contributed by atoms with Gasteiger partial charge >= 0.3 is 0 Å². The highest BCUT2D eigenvalue weighted by Crippen LogP contribution is 2.25. The Morgan fingerprint density at radius 1 is 1.17 bits per heavy atom. The fourth-order valence-corrected chi connectivity index (χ4v) is 3.33. The van der Waals surface area contributed by atoms with Gasteiger partial charge in [0, 0.05) is 22.9 Å². The number of nitrogens with one attached hydrogen (secondary N) is 1. The third kappa shape index (κ3) is 5.52. The van der Waals surface area contributed by atoms with Gasteiger partial charge in [0.25, 0.3) is 5.91 Å². The summed E-state index contributed by atoms with van der Waals surface area (Å²) >= 11 is 3.44. The van der Waals surface area contributed by atoms with Crippen LogP contribution in [0.2, 0.25) is 0 Å². The Morgan fingerprint density at radius 2 is 1.96 bits per heavy atom. The summed E-state index contributed by atoms with van der Waals surface area (Å²) in [5, 5.41) is 2.95. The van der Waals surface area contributed by atoms with Crippen LogP contribution >= 0.6 is 23.5 Å². The van der Waals surface area contributed by atoms with E-state index in [-0.39, 0.29) is 5.91 Å². The van der Waals surface area contributed by atoms with Gasteiger partial charge in [-0.1, -0.05) is 30.3 Å². The number of benzene rings is 2. The maximum absolute atomic E-state index is 12.2. The molecule has 2 aromatic carbocycles. The lowest BCUT2D eigenvalue weighted by Gasteiger charge is -2.10. The van der Waals surface area contributed by atoms with Crippen molar-refractivity contribution in [2.24, 2.45) is 0 Å². The lowest BCUT2D eigenvalue weighted by Crippen LogP contribution is -2.26. The van der Waals surface area contributed by atoms with Crippen molar-refractivity contribution in [2.45, 2.75) is 10.6 Å². The fraction of sp³-hybridized carbons (Fsp3) is 0.278. The monoisotopic (exact) mass is 347 g/mol. The molecule has 0 atom stereocenters. The molecule has 0 aromatic heterocycles. The fourth-order valence-electron chi connectivity index (χ4n) is 2.08. The van der Waals surface area contributed by atoms with Crippen molar-refractivity contribution in [3.63, 3.8) is 0 Å². The standard InChI is InChI=1S/C18H21NO2S2/c1-21-17-12-15(22-2)8-9-16(17)18(20)19-10-11-23-13-14-6-4-3-5-7-14/h3-9,12H,10-11,13H2,1-2H3,(H,19,20). The zero-order valence-electron chi connectivity index (χ0n) is 13.4. The van der Waals surface area contributed by atoms with Gasteiger partial charge in [0.2, 0.25) is 0 Å². The van der Waals surface area contributed by atoms with E-state index in [0.29, 0.717) is 17.9 Å². The molecular weight excluding hydrogens is 326 g/mol. The maximum atomic E-state index is 12.2. The van der Waals surface area contributed by atoms with Crippen molar-refractivity contribution < 1.29 is 9.53 Å². The summed E-state index contributed by atoms with van der Waals surface area (Å²) in [6, 6.07) is 16.0. The highest BCUT2D eigenvalue weighted by molar-refractivity contribution is 7.98. The van der Waals surface area contributed by atoms with E-state index in [1.165, 1.54) is 5.56 Å². The Hall–Kier alpha value is -1.59. The van der Waals surface area contributed by atoms with Crippen LogP contribution in [0.25, 0.3) is 0 Å². The number of methoxy groups -OCH3 is 1. The molecule has 0 saturated heterocycles. The van der Waals surface area contributed by atoms with E-state index in [1.807, 2.05) is 54.4 Å². The van der Waals surface area contributed by atoms with Gasteiger partial charge in [-0.2, -0.15) is 11.8 Å². The van der Waals surface area contributed by atoms with Gasteiger partial charge in [-0.3, -0.25) is 4.79 Å². The van der Waals surface area contributed by atoms with Gasteiger partial charge in [-0.25, -0.2) is 0 Å². The molecule has 0 aliphatic heterocycles. The molecule has 0 radical (unpaired) electrons. The Morgan fingerprint density at radius 3 is 2.65 bits per heavy atom. The third-order valence-electron chi connectivity index (χ3n) is 3.30. The number of rotatable bonds is 8. The summed E-state index contributed by atoms with van der Waals surface area (Å²) in [6.07, 6.45) is 2.00. The minimum Gasteiger partial charge on any atom is -0.496 e. The summed E-state index contributed by atoms with van der Waals surface area (Å²) in [6.45, 7) is 0.643. The normalized spacial score (nSPS) is 10.3. The zero-order chi connectivity index (χ0) is 16.5. The van der Waals surface area contributed by atoms with Crippen molar-refractivity contribution in [3.8, 4) is 5.75 Å². The molecule has 1 N–H and O–H groups in total. The van der Waals surface area contributed by atoms with Gasteiger partial charge in [0.1, 0.15) is 5.75 Å². The van der Waals surface area contributed by atoms with Crippen molar-refractivity contribution in [1.82, 2.24) is 5.32 Å². The molecule has 2 rings (SSSR count). The molecule has 122 valence electrons. The molecule has 0 bridgehead atoms. The Balaban J connectivity index is 1.78. The summed E-state index contributed by atoms with van der Waals surface area (Å²) in [5.41, 5.74) is 1.89. The van der Waals surface area contributed by atoms with Crippen molar-refractivity contribution in [3.05, 3.63) is 59.7 Å². The lowest BCUT2D eigenvalue weighted by molar-refractivity contribution is 0.0953. The summed E-state index contributed by atoms with van der Waals surface area (Å²) in [5.74, 6) is 2.37. The lowest BCUT2D eigenvalue weighted by atomic mass is 10.2. The van der Waals surface area contributed by atoms with Crippen LogP contribution in [0, 0.1) is 0 Å². The van der Waals surface area contributed by atoms with Crippen LogP contribution in [-0.4, -0.2) is 31.6 Å². The molecule has 0 aliphatic rings. The number of amides is 1. The predicted molar refractivity (Wildman–Crippen MR) is 99.7 cm³/mol. The number of thioether (sulfide) groups is 2. The maximum Gasteiger partial charge on any atom is 0.255 e. The van der Waals surface area contributed by atoms with Crippen molar-refractivity contribution in [2.75, 3.05) is 25.7 Å². The molecular formula is C18H21NO2S2. The first kappa shape index (κ1) is 17.8. The van der Waals surface area contributed by atoms with Crippen LogP contribution in [0.5, 0.6) is 5.75 Å². The van der Waals surface area contributed by atoms with E-state index < -0.39 is 0 Å². The van der Waals surface area contributed by atoms with Gasteiger partial charge in [0.05, 0.1) is 12.7 Å². The quantitative estimate of drug-likeness (QED) is 0.577. The SMILES string of the molecule is COc1cc(SC)ccc1C(=O)NCCSCc1ccccc1. The van der Waals surface area contributed by atoms with E-state index in [2.05, 4.69) is 17.4 Å². The molecule has 3 nitrogen and oxygen atoms in total. The minimum atomic E-state index is -0.0881. The van der Waals surface area contributed by atoms with Crippen molar-refractivity contribution >= 4 is 29.4 Å². The third-order valence-corrected chi connectivity index (χ3v) is 5.05. The van der Waals surface area contributed by atoms with E-state index in [0.717, 1.165) is 16.4 Å². The van der Waals surface area contributed by atoms with Crippen LogP contribution in [0.15, 0.2) is 53.4 Å². The minimum absolute atomic E-state index is 0.0881. The predicted octanol–water partition coefficient (Wildman–Crippen LogP) is 4.08. The first-order chi connectivity index (χ1) is 11.2. The van der Waals surface area contributed by atoms with Gasteiger partial charge in [-0.05, 0) is 30.0 Å². The largest absolute Gasteiger partial charge is 0.496 e. The molecule has 0 aliphatic carbocycles. The average molecular weight is 348 g/mol. The van der Waals surface area contributed by atoms with Crippen LogP contribution in [0.4, 0.5) is 0 Å². The molecule has 1 amide bonds. The number of ether oxygens (including phenoxy) is 1. The van der Waals surface area contributed by atoms with E-state index in [9.17, 15) is 4.79 Å². The smallest absolute Gasteiger partial charge is 0.255 e. The van der Waals surface area contributed by atoms with Crippen molar-refractivity contribution in [1.29, 1.82) is 0 Å². The van der Waals surface area contributed by atoms with Gasteiger partial charge < -0.3 is 10.1 Å². The highest BCUT2D eigenvalue weighted by Gasteiger charge is 2.12. The highest BCUT2D eigenvalue weighted by atomic mass is 32.2. The van der Waals surface area contributed by atoms with E-state index >= 15 is 0 Å². The van der Waals surface area contributed by atoms with Crippen LogP contribution in [0.1, 0.15) is 15.9 Å². The van der Waals surface area contributed by atoms with Gasteiger partial charge in [-0.15, -0.1) is 11.8 Å². The molecule has 5 heteroatoms. The Kier molecular flexibility index (Phi) is 7.36. The van der Waals surface area contributed by atoms with Crippen LogP contribution in [0.3, 0.4) is 0 Å². The molecule has 0 fully saturated rings. The summed E-state index contributed by atoms with van der Waals surface area (Å²) in [4.78, 5) is 13.3. The van der Waals surface area contributed by atoms with E-state index in [1.54, 1.807) is 18.9 Å². The molecule has 0 unspecified atom stereocenters. The van der Waals surface area contributed by atoms with Crippen LogP contribution < -0.4 is 10.1 Å². The second-order valence-corrected chi connectivity index (χ2v) is 6.85. The van der Waals surface area contributed by atoms with Gasteiger partial charge in [0.15, 0.2) is 0 Å². The number of carbonyl (C=O) groups is 1. The number of hydrogen-bond acceptors (Lipinski definition) is 4. The first-order valence-corrected chi connectivity index (χ1v) is 9.74. The second kappa shape index (κ2) is 9.53. The topological polar surface area (TPSA) is 38.3 Å². The average Bonchev–Trinajstić information content (AvgIpc) is 2.61. The molecule has 2 aromatic rings. The van der Waals surface area contributed by atoms with E-state index in [4.69, 9.17) is 4.74 Å². The second-order valence-electron chi connectivity index (χ2n) is 4.86. The Bertz CT molecular complexity index is 632. The molecule has 0 heterocycles. The summed E-state index contributed by atoms with van der Waals surface area (Å²) < 4.78 is 5.31. The molecule has 0 saturated carbocycles.